The van der Waals surface area contributed by atoms with E-state index in [9.17, 15) is 0 Å². The van der Waals surface area contributed by atoms with Crippen LogP contribution in [0.25, 0.3) is 27.3 Å². The second kappa shape index (κ2) is 13.9. The fourth-order valence-electron chi connectivity index (χ4n) is 9.56. The summed E-state index contributed by atoms with van der Waals surface area (Å²) >= 11 is 0. The summed E-state index contributed by atoms with van der Waals surface area (Å²) in [6.45, 7) is 13.4. The Balaban J connectivity index is 0.00000420. The van der Waals surface area contributed by atoms with Gasteiger partial charge in [0.25, 0.3) is 0 Å². The van der Waals surface area contributed by atoms with E-state index in [2.05, 4.69) is 194 Å². The molecule has 4 heterocycles. The molecule has 0 aliphatic carbocycles. The Labute approximate surface area is 359 Å². The van der Waals surface area contributed by atoms with Crippen molar-refractivity contribution >= 4 is 67.1 Å². The minimum atomic E-state index is -0.294. The number of nitrogens with zero attached hydrogens (tertiary/aromatic N) is 5. The number of anilines is 7. The van der Waals surface area contributed by atoms with E-state index in [1.807, 2.05) is 24.4 Å². The predicted octanol–water partition coefficient (Wildman–Crippen LogP) is 13.5. The van der Waals surface area contributed by atoms with E-state index in [0.717, 1.165) is 50.1 Å². The number of para-hydroxylation sites is 4. The maximum atomic E-state index is 6.59. The Morgan fingerprint density at radius 2 is 1.32 bits per heavy atom. The molecule has 0 atom stereocenters. The normalized spacial score (nSPS) is 14.0. The van der Waals surface area contributed by atoms with Crippen LogP contribution in [0.4, 0.5) is 39.8 Å². The van der Waals surface area contributed by atoms with Crippen LogP contribution in [0.3, 0.4) is 0 Å². The van der Waals surface area contributed by atoms with Gasteiger partial charge in [-0.3, -0.25) is 4.98 Å². The summed E-state index contributed by atoms with van der Waals surface area (Å²) in [5, 5.41) is 3.12. The Hall–Kier alpha value is -6.36. The van der Waals surface area contributed by atoms with Crippen LogP contribution in [0.2, 0.25) is 0 Å². The molecule has 0 saturated carbocycles. The predicted molar refractivity (Wildman–Crippen MR) is 237 cm³/mol. The number of hydrogen-bond donors (Lipinski definition) is 0. The summed E-state index contributed by atoms with van der Waals surface area (Å²) < 4.78 is 8.83. The molecule has 6 nitrogen and oxygen atoms in total. The standard InChI is InChI=1S/C52H40N5O.Pt/c1-33-28-34(2)49(35(3)29-33)56-32-55(45-20-11-12-21-46(45)56)37-16-13-17-38(30-37)58-39-22-23-40-41-24-25-47-48(50(41)54-27-26-53-51(54)42(40)31-39)52(4,5)43-18-9-10-19-44(43)57(47)36-14-7-6-8-15-36;/h6-29,32H,1-5H3;/q-3;. The monoisotopic (exact) mass is 945 g/mol. The van der Waals surface area contributed by atoms with E-state index in [1.54, 1.807) is 0 Å². The van der Waals surface area contributed by atoms with Gasteiger partial charge in [0.1, 0.15) is 0 Å². The molecule has 2 aromatic heterocycles. The van der Waals surface area contributed by atoms with Crippen molar-refractivity contribution in [2.45, 2.75) is 40.0 Å². The van der Waals surface area contributed by atoms with Gasteiger partial charge in [-0.2, -0.15) is 6.07 Å². The smallest absolute Gasteiger partial charge is 0.0609 e. The average molecular weight is 946 g/mol. The quantitative estimate of drug-likeness (QED) is 0.127. The molecule has 7 heteroatoms. The summed E-state index contributed by atoms with van der Waals surface area (Å²) in [6, 6.07) is 54.4. The molecule has 292 valence electrons. The number of fused-ring (bicyclic) bond motifs is 10. The van der Waals surface area contributed by atoms with Crippen molar-refractivity contribution < 1.29 is 25.8 Å². The van der Waals surface area contributed by atoms with E-state index in [4.69, 9.17) is 9.72 Å². The van der Waals surface area contributed by atoms with Gasteiger partial charge in [-0.05, 0) is 79.2 Å². The van der Waals surface area contributed by atoms with Crippen LogP contribution < -0.4 is 19.4 Å². The maximum absolute atomic E-state index is 6.59. The number of aromatic nitrogens is 2. The minimum Gasteiger partial charge on any atom is -0.503 e. The van der Waals surface area contributed by atoms with Crippen molar-refractivity contribution in [2.24, 2.45) is 0 Å². The molecule has 0 radical (unpaired) electrons. The zero-order valence-electron chi connectivity index (χ0n) is 33.4. The van der Waals surface area contributed by atoms with Crippen molar-refractivity contribution in [2.75, 3.05) is 14.7 Å². The van der Waals surface area contributed by atoms with Crippen molar-refractivity contribution in [3.63, 3.8) is 0 Å². The molecule has 2 aliphatic rings. The van der Waals surface area contributed by atoms with Crippen LogP contribution in [0, 0.1) is 39.6 Å². The molecule has 11 rings (SSSR count). The van der Waals surface area contributed by atoms with Crippen LogP contribution in [0.5, 0.6) is 11.5 Å². The summed E-state index contributed by atoms with van der Waals surface area (Å²) in [4.78, 5) is 11.8. The molecule has 0 bridgehead atoms. The SMILES string of the molecule is Cc1cc(C)c(N2[CH-]N(c3[c-]c(Oc4[c-]c5c(cc4)c4ccc6c(c4n4ccnc54)C(C)(C)c4ccccc4N6c4ccccc4)ccc3)c3ccccc32)c(C)c1.[Pt]. The fraction of sp³-hybridized carbons (Fsp3) is 0.115. The second-order valence-electron chi connectivity index (χ2n) is 16.0. The zero-order valence-corrected chi connectivity index (χ0v) is 35.7. The molecule has 7 aromatic carbocycles. The number of hydrogen-bond acceptors (Lipinski definition) is 5. The van der Waals surface area contributed by atoms with E-state index >= 15 is 0 Å². The van der Waals surface area contributed by atoms with E-state index in [0.29, 0.717) is 11.5 Å². The van der Waals surface area contributed by atoms with Gasteiger partial charge in [-0.15, -0.1) is 42.7 Å². The van der Waals surface area contributed by atoms with Crippen LogP contribution in [-0.4, -0.2) is 9.38 Å². The van der Waals surface area contributed by atoms with E-state index in [1.165, 1.54) is 44.9 Å². The van der Waals surface area contributed by atoms with Crippen molar-refractivity contribution in [1.82, 2.24) is 9.38 Å². The fourth-order valence-corrected chi connectivity index (χ4v) is 9.56. The van der Waals surface area contributed by atoms with Gasteiger partial charge in [0.05, 0.1) is 17.0 Å². The van der Waals surface area contributed by atoms with E-state index in [-0.39, 0.29) is 26.5 Å². The topological polar surface area (TPSA) is 36.3 Å². The molecule has 0 N–H and O–H groups in total. The Kier molecular flexibility index (Phi) is 8.70. The third-order valence-electron chi connectivity index (χ3n) is 11.9. The first kappa shape index (κ1) is 36.9. The molecule has 0 saturated heterocycles. The summed E-state index contributed by atoms with van der Waals surface area (Å²) in [5.41, 5.74) is 15.8. The van der Waals surface area contributed by atoms with Gasteiger partial charge in [0.15, 0.2) is 0 Å². The molecular formula is C52H40N5OPt-3. The Morgan fingerprint density at radius 1 is 0.644 bits per heavy atom. The van der Waals surface area contributed by atoms with Crippen LogP contribution >= 0.6 is 0 Å². The first-order chi connectivity index (χ1) is 28.3. The van der Waals surface area contributed by atoms with Gasteiger partial charge in [0, 0.05) is 84.2 Å². The van der Waals surface area contributed by atoms with Gasteiger partial charge < -0.3 is 23.8 Å². The number of pyridine rings is 1. The first-order valence-corrected chi connectivity index (χ1v) is 19.8. The largest absolute Gasteiger partial charge is 0.503 e. The number of rotatable bonds is 5. The van der Waals surface area contributed by atoms with Gasteiger partial charge in [-0.25, -0.2) is 0 Å². The third-order valence-corrected chi connectivity index (χ3v) is 11.9. The molecule has 2 aliphatic heterocycles. The van der Waals surface area contributed by atoms with Crippen LogP contribution in [0.1, 0.15) is 41.7 Å². The maximum Gasteiger partial charge on any atom is 0.0609 e. The molecule has 59 heavy (non-hydrogen) atoms. The second-order valence-corrected chi connectivity index (χ2v) is 16.0. The summed E-state index contributed by atoms with van der Waals surface area (Å²) in [6.07, 6.45) is 3.96. The Bertz CT molecular complexity index is 3090. The average Bonchev–Trinajstić information content (AvgIpc) is 3.87. The Morgan fingerprint density at radius 3 is 2.10 bits per heavy atom. The summed E-state index contributed by atoms with van der Waals surface area (Å²) in [7, 11) is 0. The third kappa shape index (κ3) is 5.68. The molecule has 0 spiro atoms. The van der Waals surface area contributed by atoms with E-state index < -0.39 is 0 Å². The number of aryl methyl sites for hydroxylation is 3. The number of imidazole rings is 1. The first-order valence-electron chi connectivity index (χ1n) is 19.8. The van der Waals surface area contributed by atoms with Gasteiger partial charge in [0.2, 0.25) is 0 Å². The van der Waals surface area contributed by atoms with Crippen LogP contribution in [0.15, 0.2) is 146 Å². The minimum absolute atomic E-state index is 0. The van der Waals surface area contributed by atoms with Gasteiger partial charge in [-0.1, -0.05) is 103 Å². The summed E-state index contributed by atoms with van der Waals surface area (Å²) in [5.74, 6) is 1.21. The van der Waals surface area contributed by atoms with Crippen molar-refractivity contribution in [3.8, 4) is 11.5 Å². The van der Waals surface area contributed by atoms with Crippen LogP contribution in [-0.2, 0) is 26.5 Å². The van der Waals surface area contributed by atoms with Crippen molar-refractivity contribution in [1.29, 1.82) is 0 Å². The molecule has 0 fully saturated rings. The number of benzene rings is 7. The molecule has 0 unspecified atom stereocenters. The number of ether oxygens (including phenoxy) is 1. The van der Waals surface area contributed by atoms with Gasteiger partial charge >= 0.3 is 0 Å². The molecule has 0 amide bonds. The molecule has 9 aromatic rings. The van der Waals surface area contributed by atoms with Crippen molar-refractivity contribution in [3.05, 3.63) is 192 Å². The zero-order chi connectivity index (χ0) is 39.3. The molecular weight excluding hydrogens is 906 g/mol.